The van der Waals surface area contributed by atoms with Crippen molar-refractivity contribution in [3.63, 3.8) is 0 Å². The molecule has 1 aromatic heterocycles. The molecular formula is C26H24F2N2O. The zero-order valence-electron chi connectivity index (χ0n) is 17.4. The highest BCUT2D eigenvalue weighted by Crippen LogP contribution is 2.34. The number of nitrogens with one attached hydrogen (secondary N) is 1. The van der Waals surface area contributed by atoms with Gasteiger partial charge >= 0.3 is 0 Å². The Labute approximate surface area is 180 Å². The Morgan fingerprint density at radius 1 is 0.871 bits per heavy atom. The van der Waals surface area contributed by atoms with Crippen LogP contribution in [0.5, 0.6) is 6.01 Å². The van der Waals surface area contributed by atoms with Gasteiger partial charge in [-0.15, -0.1) is 0 Å². The summed E-state index contributed by atoms with van der Waals surface area (Å²) in [7, 11) is 0. The van der Waals surface area contributed by atoms with Gasteiger partial charge in [-0.2, -0.15) is 4.98 Å². The molecule has 0 spiro atoms. The van der Waals surface area contributed by atoms with Crippen LogP contribution >= 0.6 is 0 Å². The van der Waals surface area contributed by atoms with Gasteiger partial charge in [0.15, 0.2) is 5.82 Å². The lowest BCUT2D eigenvalue weighted by Crippen LogP contribution is -2.23. The van der Waals surface area contributed by atoms with Crippen LogP contribution in [0.2, 0.25) is 0 Å². The van der Waals surface area contributed by atoms with Crippen LogP contribution in [0, 0.1) is 17.6 Å². The molecule has 5 rings (SSSR count). The zero-order valence-corrected chi connectivity index (χ0v) is 17.4. The van der Waals surface area contributed by atoms with Gasteiger partial charge in [-0.1, -0.05) is 61.5 Å². The standard InChI is InChI=1S/C26H24F2N2O/c1-16-7-13-20(14-8-16)31-26-29-22-15-21(27)23(24(28)25(22)30-26)19-11-9-18(10-12-19)17-5-3-2-4-6-17/h2-6,9-12,15-16,20H,7-8,13-14H2,1H3,(H,29,30). The van der Waals surface area contributed by atoms with Gasteiger partial charge < -0.3 is 9.72 Å². The second-order valence-electron chi connectivity index (χ2n) is 8.43. The predicted molar refractivity (Wildman–Crippen MR) is 119 cm³/mol. The molecule has 1 heterocycles. The van der Waals surface area contributed by atoms with Crippen LogP contribution in [-0.4, -0.2) is 16.1 Å². The first-order valence-corrected chi connectivity index (χ1v) is 10.8. The van der Waals surface area contributed by atoms with Crippen LogP contribution in [0.15, 0.2) is 60.7 Å². The quantitative estimate of drug-likeness (QED) is 0.383. The molecule has 3 nitrogen and oxygen atoms in total. The molecule has 0 radical (unpaired) electrons. The van der Waals surface area contributed by atoms with E-state index >= 15 is 4.39 Å². The van der Waals surface area contributed by atoms with Crippen LogP contribution in [0.1, 0.15) is 32.6 Å². The largest absolute Gasteiger partial charge is 0.461 e. The fraction of sp³-hybridized carbons (Fsp3) is 0.269. The predicted octanol–water partition coefficient (Wildman–Crippen LogP) is 7.13. The number of rotatable bonds is 4. The van der Waals surface area contributed by atoms with Crippen molar-refractivity contribution < 1.29 is 13.5 Å². The Hall–Kier alpha value is -3.21. The topological polar surface area (TPSA) is 37.9 Å². The number of aromatic amines is 1. The Bertz CT molecular complexity index is 1190. The normalized spacial score (nSPS) is 18.9. The molecule has 31 heavy (non-hydrogen) atoms. The summed E-state index contributed by atoms with van der Waals surface area (Å²) in [6.45, 7) is 2.24. The van der Waals surface area contributed by atoms with Crippen LogP contribution < -0.4 is 4.74 Å². The van der Waals surface area contributed by atoms with Gasteiger partial charge in [-0.3, -0.25) is 0 Å². The van der Waals surface area contributed by atoms with Crippen molar-refractivity contribution in [2.45, 2.75) is 38.7 Å². The first kappa shape index (κ1) is 19.7. The molecule has 0 amide bonds. The third kappa shape index (κ3) is 3.92. The highest BCUT2D eigenvalue weighted by Gasteiger charge is 2.23. The Morgan fingerprint density at radius 3 is 2.23 bits per heavy atom. The van der Waals surface area contributed by atoms with Gasteiger partial charge in [0.25, 0.3) is 6.01 Å². The Morgan fingerprint density at radius 2 is 1.52 bits per heavy atom. The van der Waals surface area contributed by atoms with Crippen LogP contribution in [0.4, 0.5) is 8.78 Å². The van der Waals surface area contributed by atoms with Gasteiger partial charge in [0.05, 0.1) is 11.1 Å². The number of H-pyrrole nitrogens is 1. The van der Waals surface area contributed by atoms with Crippen LogP contribution in [0.3, 0.4) is 0 Å². The fourth-order valence-corrected chi connectivity index (χ4v) is 4.34. The van der Waals surface area contributed by atoms with Crippen molar-refractivity contribution in [3.05, 3.63) is 72.3 Å². The number of imidazole rings is 1. The first-order valence-electron chi connectivity index (χ1n) is 10.8. The summed E-state index contributed by atoms with van der Waals surface area (Å²) >= 11 is 0. The highest BCUT2D eigenvalue weighted by atomic mass is 19.1. The van der Waals surface area contributed by atoms with E-state index in [1.165, 1.54) is 6.07 Å². The summed E-state index contributed by atoms with van der Waals surface area (Å²) in [6, 6.07) is 18.6. The summed E-state index contributed by atoms with van der Waals surface area (Å²) in [5, 5.41) is 0. The number of hydrogen-bond donors (Lipinski definition) is 1. The SMILES string of the molecule is CC1CCC(Oc2nc3c(F)c(-c4ccc(-c5ccccc5)cc4)c(F)cc3[nH]2)CC1. The average molecular weight is 418 g/mol. The molecule has 0 aliphatic heterocycles. The molecule has 1 aliphatic rings. The van der Waals surface area contributed by atoms with E-state index in [2.05, 4.69) is 16.9 Å². The van der Waals surface area contributed by atoms with Crippen molar-refractivity contribution in [1.29, 1.82) is 0 Å². The Kier molecular flexibility index (Phi) is 5.18. The molecule has 3 aromatic carbocycles. The van der Waals surface area contributed by atoms with Gasteiger partial charge in [0.2, 0.25) is 0 Å². The van der Waals surface area contributed by atoms with E-state index in [4.69, 9.17) is 4.74 Å². The zero-order chi connectivity index (χ0) is 21.4. The van der Waals surface area contributed by atoms with E-state index in [0.717, 1.165) is 36.8 Å². The van der Waals surface area contributed by atoms with E-state index in [0.29, 0.717) is 17.0 Å². The fourth-order valence-electron chi connectivity index (χ4n) is 4.34. The molecule has 158 valence electrons. The maximum absolute atomic E-state index is 15.3. The van der Waals surface area contributed by atoms with Crippen LogP contribution in [0.25, 0.3) is 33.3 Å². The average Bonchev–Trinajstić information content (AvgIpc) is 3.19. The number of nitrogens with zero attached hydrogens (tertiary/aromatic N) is 1. The van der Waals surface area contributed by atoms with Gasteiger partial charge in [0, 0.05) is 6.07 Å². The molecule has 1 N–H and O–H groups in total. The lowest BCUT2D eigenvalue weighted by atomic mass is 9.89. The Balaban J connectivity index is 1.45. The molecule has 0 atom stereocenters. The van der Waals surface area contributed by atoms with Crippen LogP contribution in [-0.2, 0) is 0 Å². The minimum Gasteiger partial charge on any atom is -0.461 e. The first-order chi connectivity index (χ1) is 15.1. The van der Waals surface area contributed by atoms with Crippen molar-refractivity contribution in [1.82, 2.24) is 9.97 Å². The minimum atomic E-state index is -0.675. The summed E-state index contributed by atoms with van der Waals surface area (Å²) in [5.41, 5.74) is 2.85. The number of halogens is 2. The summed E-state index contributed by atoms with van der Waals surface area (Å²) < 4.78 is 36.1. The third-order valence-corrected chi connectivity index (χ3v) is 6.17. The number of benzene rings is 3. The van der Waals surface area contributed by atoms with Crippen molar-refractivity contribution in [2.24, 2.45) is 5.92 Å². The smallest absolute Gasteiger partial charge is 0.294 e. The number of fused-ring (bicyclic) bond motifs is 1. The number of hydrogen-bond acceptors (Lipinski definition) is 2. The van der Waals surface area contributed by atoms with E-state index in [9.17, 15) is 4.39 Å². The summed E-state index contributed by atoms with van der Waals surface area (Å²) in [4.78, 5) is 7.23. The highest BCUT2D eigenvalue weighted by molar-refractivity contribution is 5.84. The van der Waals surface area contributed by atoms with Gasteiger partial charge in [0.1, 0.15) is 17.4 Å². The van der Waals surface area contributed by atoms with E-state index in [1.807, 2.05) is 42.5 Å². The van der Waals surface area contributed by atoms with Gasteiger partial charge in [-0.25, -0.2) is 8.78 Å². The molecule has 1 fully saturated rings. The lowest BCUT2D eigenvalue weighted by molar-refractivity contribution is 0.126. The monoisotopic (exact) mass is 418 g/mol. The minimum absolute atomic E-state index is 0.0645. The number of aromatic nitrogens is 2. The molecule has 0 saturated heterocycles. The molecular weight excluding hydrogens is 394 g/mol. The molecule has 0 unspecified atom stereocenters. The summed E-state index contributed by atoms with van der Waals surface area (Å²) in [6.07, 6.45) is 4.19. The summed E-state index contributed by atoms with van der Waals surface area (Å²) in [5.74, 6) is -0.595. The molecule has 0 bridgehead atoms. The van der Waals surface area contributed by atoms with Crippen molar-refractivity contribution in [3.8, 4) is 28.3 Å². The lowest BCUT2D eigenvalue weighted by Gasteiger charge is -2.25. The second kappa shape index (κ2) is 8.14. The molecule has 1 saturated carbocycles. The molecule has 1 aliphatic carbocycles. The van der Waals surface area contributed by atoms with E-state index < -0.39 is 11.6 Å². The second-order valence-corrected chi connectivity index (χ2v) is 8.43. The van der Waals surface area contributed by atoms with E-state index in [1.54, 1.807) is 12.1 Å². The molecule has 4 aromatic rings. The van der Waals surface area contributed by atoms with Crippen molar-refractivity contribution >= 4 is 11.0 Å². The maximum atomic E-state index is 15.3. The number of ether oxygens (including phenoxy) is 1. The maximum Gasteiger partial charge on any atom is 0.294 e. The molecule has 5 heteroatoms. The van der Waals surface area contributed by atoms with Crippen molar-refractivity contribution in [2.75, 3.05) is 0 Å². The third-order valence-electron chi connectivity index (χ3n) is 6.17. The van der Waals surface area contributed by atoms with Gasteiger partial charge in [-0.05, 0) is 48.3 Å². The van der Waals surface area contributed by atoms with E-state index in [-0.39, 0.29) is 23.2 Å².